The van der Waals surface area contributed by atoms with Crippen LogP contribution in [0.4, 0.5) is 5.69 Å². The number of nitrogens with zero attached hydrogens (tertiary/aromatic N) is 1. The number of anilines is 1. The second-order valence-corrected chi connectivity index (χ2v) is 25.1. The van der Waals surface area contributed by atoms with Crippen LogP contribution in [-0.4, -0.2) is 61.4 Å². The van der Waals surface area contributed by atoms with Gasteiger partial charge in [0.25, 0.3) is 0 Å². The highest BCUT2D eigenvalue weighted by Crippen LogP contribution is 2.67. The second kappa shape index (κ2) is 10.3. The summed E-state index contributed by atoms with van der Waals surface area (Å²) >= 11 is 0. The number of fused-ring (bicyclic) bond motifs is 4. The first-order valence-corrected chi connectivity index (χ1v) is 23.1. The van der Waals surface area contributed by atoms with Gasteiger partial charge in [-0.2, -0.15) is 0 Å². The number of ether oxygens (including phenoxy) is 2. The highest BCUT2D eigenvalue weighted by molar-refractivity contribution is 6.70. The first-order chi connectivity index (χ1) is 19.1. The van der Waals surface area contributed by atoms with Crippen molar-refractivity contribution in [2.75, 3.05) is 32.2 Å². The van der Waals surface area contributed by atoms with Gasteiger partial charge in [0.1, 0.15) is 0 Å². The lowest BCUT2D eigenvalue weighted by molar-refractivity contribution is -0.205. The van der Waals surface area contributed by atoms with E-state index >= 15 is 0 Å². The maximum absolute atomic E-state index is 7.36. The zero-order chi connectivity index (χ0) is 29.4. The molecule has 0 radical (unpaired) electrons. The van der Waals surface area contributed by atoms with E-state index in [4.69, 9.17) is 18.3 Å². The number of rotatable bonds is 6. The fourth-order valence-electron chi connectivity index (χ4n) is 9.60. The van der Waals surface area contributed by atoms with Gasteiger partial charge in [-0.25, -0.2) is 0 Å². The molecule has 4 aliphatic carbocycles. The molecular formula is C34H55NO4Si2. The maximum atomic E-state index is 7.36. The summed E-state index contributed by atoms with van der Waals surface area (Å²) in [6.07, 6.45) is 9.16. The molecule has 3 saturated carbocycles. The Kier molecular flexibility index (Phi) is 7.56. The van der Waals surface area contributed by atoms with Crippen LogP contribution in [0.2, 0.25) is 39.3 Å². The van der Waals surface area contributed by atoms with Gasteiger partial charge in [-0.3, -0.25) is 0 Å². The molecular weight excluding hydrogens is 543 g/mol. The molecule has 5 nitrogen and oxygen atoms in total. The average molecular weight is 598 g/mol. The van der Waals surface area contributed by atoms with Crippen molar-refractivity contribution in [1.29, 1.82) is 0 Å². The SMILES string of the molecule is CN(C)c1ccc([C@H]2C[C@]3(C)[C@@H](O[Si](C)(C)C)CC[C@H]3[C@@H]3CC[C@@]4(O[Si](C)(C)C)CC5(CCC4=C32)OCCO5)cc1. The Bertz CT molecular complexity index is 1160. The zero-order valence-electron chi connectivity index (χ0n) is 27.3. The van der Waals surface area contributed by atoms with E-state index in [0.29, 0.717) is 37.1 Å². The van der Waals surface area contributed by atoms with Crippen LogP contribution in [0.25, 0.3) is 0 Å². The molecule has 0 unspecified atom stereocenters. The summed E-state index contributed by atoms with van der Waals surface area (Å²) in [6, 6.07) is 9.47. The summed E-state index contributed by atoms with van der Waals surface area (Å²) in [4.78, 5) is 2.21. The van der Waals surface area contributed by atoms with E-state index in [-0.39, 0.29) is 11.0 Å². The van der Waals surface area contributed by atoms with Crippen molar-refractivity contribution in [3.05, 3.63) is 41.0 Å². The monoisotopic (exact) mass is 597 g/mol. The minimum atomic E-state index is -1.85. The predicted molar refractivity (Wildman–Crippen MR) is 173 cm³/mol. The minimum Gasteiger partial charge on any atom is -0.414 e. The van der Waals surface area contributed by atoms with Crippen molar-refractivity contribution in [3.63, 3.8) is 0 Å². The molecule has 228 valence electrons. The Morgan fingerprint density at radius 3 is 2.17 bits per heavy atom. The van der Waals surface area contributed by atoms with Crippen LogP contribution in [0.1, 0.15) is 69.8 Å². The summed E-state index contributed by atoms with van der Waals surface area (Å²) in [5, 5.41) is 0. The van der Waals surface area contributed by atoms with Crippen LogP contribution in [0.15, 0.2) is 35.4 Å². The van der Waals surface area contributed by atoms with Crippen molar-refractivity contribution < 1.29 is 18.3 Å². The lowest BCUT2D eigenvalue weighted by Crippen LogP contribution is -2.57. The molecule has 0 aromatic heterocycles. The van der Waals surface area contributed by atoms with Crippen LogP contribution in [0.5, 0.6) is 0 Å². The molecule has 6 rings (SSSR count). The van der Waals surface area contributed by atoms with Gasteiger partial charge in [-0.15, -0.1) is 0 Å². The maximum Gasteiger partial charge on any atom is 0.184 e. The Hall–Kier alpha value is -0.966. The number of hydrogen-bond donors (Lipinski definition) is 0. The van der Waals surface area contributed by atoms with E-state index in [9.17, 15) is 0 Å². The van der Waals surface area contributed by atoms with Crippen molar-refractivity contribution in [2.45, 2.75) is 121 Å². The summed E-state index contributed by atoms with van der Waals surface area (Å²) in [5.74, 6) is 1.23. The van der Waals surface area contributed by atoms with Gasteiger partial charge in [0.15, 0.2) is 22.4 Å². The van der Waals surface area contributed by atoms with Crippen molar-refractivity contribution in [3.8, 4) is 0 Å². The molecule has 4 fully saturated rings. The molecule has 0 amide bonds. The summed E-state index contributed by atoms with van der Waals surface area (Å²) in [6.45, 7) is 18.2. The Morgan fingerprint density at radius 1 is 0.878 bits per heavy atom. The van der Waals surface area contributed by atoms with Gasteiger partial charge < -0.3 is 23.2 Å². The third-order valence-corrected chi connectivity index (χ3v) is 12.9. The molecule has 7 heteroatoms. The van der Waals surface area contributed by atoms with Gasteiger partial charge in [0, 0.05) is 38.5 Å². The Morgan fingerprint density at radius 2 is 1.56 bits per heavy atom. The average Bonchev–Trinajstić information content (AvgIpc) is 3.45. The number of benzene rings is 1. The molecule has 6 atom stereocenters. The standard InChI is InChI=1S/C34H55NO4Si2/c1-32-22-27(24-10-12-25(13-11-24)35(2)3)31-26(28(32)14-15-30(32)38-40(4,5)6)16-18-33(39-41(7,8)9)23-34(19-17-29(31)33)36-20-21-37-34/h10-13,26-28,30H,14-23H2,1-9H3/t26-,27+,28-,30-,32-,33+/m0/s1. The molecule has 0 bridgehead atoms. The molecule has 1 spiro atoms. The smallest absolute Gasteiger partial charge is 0.184 e. The van der Waals surface area contributed by atoms with E-state index in [1.807, 2.05) is 0 Å². The van der Waals surface area contributed by atoms with Gasteiger partial charge in [-0.1, -0.05) is 24.6 Å². The highest BCUT2D eigenvalue weighted by atomic mass is 28.4. The third-order valence-electron chi connectivity index (χ3n) is 10.9. The van der Waals surface area contributed by atoms with Crippen LogP contribution < -0.4 is 4.90 Å². The fraction of sp³-hybridized carbons (Fsp3) is 0.765. The number of hydrogen-bond acceptors (Lipinski definition) is 5. The first kappa shape index (κ1) is 30.1. The predicted octanol–water partition coefficient (Wildman–Crippen LogP) is 8.10. The summed E-state index contributed by atoms with van der Waals surface area (Å²) < 4.78 is 27.1. The van der Waals surface area contributed by atoms with E-state index in [2.05, 4.69) is 89.5 Å². The molecule has 1 heterocycles. The van der Waals surface area contributed by atoms with E-state index in [1.54, 1.807) is 11.1 Å². The van der Waals surface area contributed by atoms with Gasteiger partial charge in [-0.05, 0) is 118 Å². The van der Waals surface area contributed by atoms with Crippen LogP contribution in [0, 0.1) is 17.3 Å². The topological polar surface area (TPSA) is 40.2 Å². The van der Waals surface area contributed by atoms with Crippen LogP contribution in [-0.2, 0) is 18.3 Å². The molecule has 0 N–H and O–H groups in total. The Balaban J connectivity index is 1.49. The molecule has 1 aliphatic heterocycles. The molecule has 5 aliphatic rings. The molecule has 41 heavy (non-hydrogen) atoms. The summed E-state index contributed by atoms with van der Waals surface area (Å²) in [5.41, 5.74) is 6.03. The second-order valence-electron chi connectivity index (χ2n) is 16.2. The Labute approximate surface area is 251 Å². The molecule has 1 aromatic rings. The highest BCUT2D eigenvalue weighted by Gasteiger charge is 2.62. The lowest BCUT2D eigenvalue weighted by atomic mass is 9.51. The third kappa shape index (κ3) is 5.46. The van der Waals surface area contributed by atoms with E-state index in [1.165, 1.54) is 36.9 Å². The normalized spacial score (nSPS) is 36.7. The zero-order valence-corrected chi connectivity index (χ0v) is 29.3. The van der Waals surface area contributed by atoms with E-state index < -0.39 is 22.4 Å². The van der Waals surface area contributed by atoms with Crippen LogP contribution >= 0.6 is 0 Å². The fourth-order valence-corrected chi connectivity index (χ4v) is 12.3. The van der Waals surface area contributed by atoms with E-state index in [0.717, 1.165) is 25.7 Å². The van der Waals surface area contributed by atoms with Crippen molar-refractivity contribution in [1.82, 2.24) is 0 Å². The van der Waals surface area contributed by atoms with Crippen LogP contribution in [0.3, 0.4) is 0 Å². The largest absolute Gasteiger partial charge is 0.414 e. The number of allylic oxidation sites excluding steroid dienone is 1. The lowest BCUT2D eigenvalue weighted by Gasteiger charge is -2.58. The van der Waals surface area contributed by atoms with Crippen molar-refractivity contribution in [2.24, 2.45) is 17.3 Å². The summed E-state index contributed by atoms with van der Waals surface area (Å²) in [7, 11) is 0.754. The minimum absolute atomic E-state index is 0.201. The van der Waals surface area contributed by atoms with Gasteiger partial charge in [0.2, 0.25) is 0 Å². The molecule has 1 saturated heterocycles. The first-order valence-electron chi connectivity index (χ1n) is 16.3. The molecule has 1 aromatic carbocycles. The van der Waals surface area contributed by atoms with Gasteiger partial charge >= 0.3 is 0 Å². The van der Waals surface area contributed by atoms with Gasteiger partial charge in [0.05, 0.1) is 24.9 Å². The quantitative estimate of drug-likeness (QED) is 0.245. The van der Waals surface area contributed by atoms with Crippen molar-refractivity contribution >= 4 is 22.3 Å².